The van der Waals surface area contributed by atoms with E-state index in [-0.39, 0.29) is 17.1 Å². The van der Waals surface area contributed by atoms with Crippen LogP contribution in [0.15, 0.2) is 17.7 Å². The molecule has 0 aromatic heterocycles. The first-order valence-corrected chi connectivity index (χ1v) is 3.08. The molecule has 1 rings (SSSR count). The van der Waals surface area contributed by atoms with E-state index in [4.69, 9.17) is 0 Å². The van der Waals surface area contributed by atoms with E-state index in [1.807, 2.05) is 0 Å². The molecule has 1 aliphatic rings. The summed E-state index contributed by atoms with van der Waals surface area (Å²) in [5, 5.41) is 0. The average Bonchev–Trinajstić information content (AvgIpc) is 2.12. The first kappa shape index (κ1) is 9.00. The maximum Gasteiger partial charge on any atom is 0 e. The fourth-order valence-corrected chi connectivity index (χ4v) is 0.818. The van der Waals surface area contributed by atoms with Crippen molar-refractivity contribution in [2.45, 2.75) is 20.3 Å². The molecule has 0 unspecified atom stereocenters. The first-order valence-electron chi connectivity index (χ1n) is 3.08. The van der Waals surface area contributed by atoms with Crippen LogP contribution in [0.2, 0.25) is 0 Å². The van der Waals surface area contributed by atoms with Gasteiger partial charge in [-0.3, -0.25) is 6.08 Å². The van der Waals surface area contributed by atoms with Gasteiger partial charge in [0.25, 0.3) is 0 Å². The van der Waals surface area contributed by atoms with Crippen molar-refractivity contribution in [3.63, 3.8) is 0 Å². The second-order valence-corrected chi connectivity index (χ2v) is 2.39. The Morgan fingerprint density at radius 2 is 2.22 bits per heavy atom. The van der Waals surface area contributed by atoms with Gasteiger partial charge in [-0.05, 0) is 0 Å². The van der Waals surface area contributed by atoms with Crippen LogP contribution in [0.25, 0.3) is 0 Å². The van der Waals surface area contributed by atoms with Gasteiger partial charge in [0.2, 0.25) is 0 Å². The van der Waals surface area contributed by atoms with Gasteiger partial charge in [-0.1, -0.05) is 19.8 Å². The predicted octanol–water partition coefficient (Wildman–Crippen LogP) is 2.33. The quantitative estimate of drug-likeness (QED) is 0.410. The molecule has 51 valence electrons. The predicted molar refractivity (Wildman–Crippen MR) is 35.4 cm³/mol. The molecule has 0 spiro atoms. The normalized spacial score (nSPS) is 15.7. The molecule has 0 saturated heterocycles. The molecule has 0 saturated carbocycles. The molecular weight excluding hydrogens is 151 g/mol. The number of allylic oxidation sites excluding steroid dienone is 4. The molecule has 0 amide bonds. The van der Waals surface area contributed by atoms with Gasteiger partial charge in [-0.2, -0.15) is 6.08 Å². The van der Waals surface area contributed by atoms with Crippen molar-refractivity contribution < 1.29 is 17.1 Å². The summed E-state index contributed by atoms with van der Waals surface area (Å²) < 4.78 is 0. The second kappa shape index (κ2) is 3.92. The minimum Gasteiger partial charge on any atom is -0.269 e. The molecule has 0 N–H and O–H groups in total. The van der Waals surface area contributed by atoms with Gasteiger partial charge in [-0.15, -0.1) is 6.42 Å². The summed E-state index contributed by atoms with van der Waals surface area (Å²) >= 11 is 0. The van der Waals surface area contributed by atoms with Crippen molar-refractivity contribution >= 4 is 0 Å². The number of hydrogen-bond acceptors (Lipinski definition) is 0. The van der Waals surface area contributed by atoms with Crippen LogP contribution in [-0.2, 0) is 17.1 Å². The molecule has 1 radical (unpaired) electrons. The van der Waals surface area contributed by atoms with E-state index in [0.717, 1.165) is 6.42 Å². The van der Waals surface area contributed by atoms with Crippen LogP contribution >= 0.6 is 0 Å². The molecule has 0 atom stereocenters. The summed E-state index contributed by atoms with van der Waals surface area (Å²) in [7, 11) is 0. The van der Waals surface area contributed by atoms with E-state index in [1.165, 1.54) is 5.57 Å². The van der Waals surface area contributed by atoms with Crippen LogP contribution in [0.5, 0.6) is 0 Å². The summed E-state index contributed by atoms with van der Waals surface area (Å²) in [6.45, 7) is 4.38. The summed E-state index contributed by atoms with van der Waals surface area (Å²) in [6.07, 6.45) is 8.59. The molecule has 0 nitrogen and oxygen atoms in total. The number of rotatable bonds is 1. The van der Waals surface area contributed by atoms with Gasteiger partial charge >= 0.3 is 0 Å². The van der Waals surface area contributed by atoms with Gasteiger partial charge in [0.05, 0.1) is 0 Å². The SMILES string of the molecule is CC(C)C1=[C-]CC=C1.[Mn]. The van der Waals surface area contributed by atoms with Gasteiger partial charge < -0.3 is 0 Å². The van der Waals surface area contributed by atoms with Crippen molar-refractivity contribution in [2.24, 2.45) is 5.92 Å². The summed E-state index contributed by atoms with van der Waals surface area (Å²) in [5.41, 5.74) is 1.37. The Morgan fingerprint density at radius 1 is 1.56 bits per heavy atom. The third-order valence-electron chi connectivity index (χ3n) is 1.34. The Labute approximate surface area is 67.5 Å². The Kier molecular flexibility index (Phi) is 3.92. The summed E-state index contributed by atoms with van der Waals surface area (Å²) in [5.74, 6) is 0.661. The molecule has 1 aliphatic carbocycles. The maximum absolute atomic E-state index is 3.26. The fourth-order valence-electron chi connectivity index (χ4n) is 0.818. The van der Waals surface area contributed by atoms with Crippen molar-refractivity contribution in [2.75, 3.05) is 0 Å². The summed E-state index contributed by atoms with van der Waals surface area (Å²) in [4.78, 5) is 0. The van der Waals surface area contributed by atoms with Crippen LogP contribution in [0.1, 0.15) is 20.3 Å². The molecule has 0 aromatic rings. The third kappa shape index (κ3) is 2.38. The van der Waals surface area contributed by atoms with E-state index < -0.39 is 0 Å². The Balaban J connectivity index is 0.000000640. The largest absolute Gasteiger partial charge is 0.269 e. The third-order valence-corrected chi connectivity index (χ3v) is 1.34. The molecule has 0 aliphatic heterocycles. The van der Waals surface area contributed by atoms with Crippen LogP contribution in [0.3, 0.4) is 0 Å². The van der Waals surface area contributed by atoms with Crippen molar-refractivity contribution in [3.8, 4) is 0 Å². The van der Waals surface area contributed by atoms with Crippen LogP contribution in [-0.4, -0.2) is 0 Å². The van der Waals surface area contributed by atoms with Crippen molar-refractivity contribution in [1.29, 1.82) is 0 Å². The van der Waals surface area contributed by atoms with E-state index in [9.17, 15) is 0 Å². The Bertz CT molecular complexity index is 132. The monoisotopic (exact) mass is 162 g/mol. The van der Waals surface area contributed by atoms with E-state index >= 15 is 0 Å². The Hall–Kier alpha value is -0.000519. The number of hydrogen-bond donors (Lipinski definition) is 0. The zero-order valence-electron chi connectivity index (χ0n) is 5.82. The zero-order chi connectivity index (χ0) is 5.98. The standard InChI is InChI=1S/C8H11.Mn/c1-7(2)8-5-3-4-6-8;/h3,5,7H,4H2,1-2H3;/q-1;. The van der Waals surface area contributed by atoms with Gasteiger partial charge in [-0.25, -0.2) is 11.6 Å². The molecular formula is C8H11Mn-. The topological polar surface area (TPSA) is 0 Å². The first-order chi connectivity index (χ1) is 3.80. The summed E-state index contributed by atoms with van der Waals surface area (Å²) in [6, 6.07) is 0. The molecule has 0 aromatic carbocycles. The van der Waals surface area contributed by atoms with Crippen LogP contribution in [0.4, 0.5) is 0 Å². The maximum atomic E-state index is 3.26. The van der Waals surface area contributed by atoms with Crippen molar-refractivity contribution in [3.05, 3.63) is 23.8 Å². The zero-order valence-corrected chi connectivity index (χ0v) is 7.00. The van der Waals surface area contributed by atoms with Gasteiger partial charge in [0, 0.05) is 17.1 Å². The Morgan fingerprint density at radius 3 is 2.44 bits per heavy atom. The van der Waals surface area contributed by atoms with Gasteiger partial charge in [0.1, 0.15) is 0 Å². The van der Waals surface area contributed by atoms with Crippen molar-refractivity contribution in [1.82, 2.24) is 0 Å². The minimum absolute atomic E-state index is 0. The smallest absolute Gasteiger partial charge is 0 e. The average molecular weight is 162 g/mol. The van der Waals surface area contributed by atoms with E-state index in [1.54, 1.807) is 0 Å². The van der Waals surface area contributed by atoms with Crippen LogP contribution in [0, 0.1) is 12.0 Å². The molecule has 9 heavy (non-hydrogen) atoms. The van der Waals surface area contributed by atoms with E-state index in [2.05, 4.69) is 32.1 Å². The molecule has 1 heteroatoms. The molecule has 0 heterocycles. The molecule has 0 fully saturated rings. The van der Waals surface area contributed by atoms with Crippen LogP contribution < -0.4 is 0 Å². The second-order valence-electron chi connectivity index (χ2n) is 2.39. The minimum atomic E-state index is 0. The van der Waals surface area contributed by atoms with Gasteiger partial charge in [0.15, 0.2) is 0 Å². The van der Waals surface area contributed by atoms with E-state index in [0.29, 0.717) is 5.92 Å². The fraction of sp³-hybridized carbons (Fsp3) is 0.500. The molecule has 0 bridgehead atoms.